The van der Waals surface area contributed by atoms with Crippen LogP contribution in [-0.2, 0) is 17.3 Å². The van der Waals surface area contributed by atoms with Crippen molar-refractivity contribution in [2.24, 2.45) is 0 Å². The molecule has 1 aromatic heterocycles. The molecule has 0 saturated heterocycles. The first kappa shape index (κ1) is 18.5. The normalized spacial score (nSPS) is 14.0. The second kappa shape index (κ2) is 6.25. The summed E-state index contributed by atoms with van der Waals surface area (Å²) >= 11 is 0. The molecule has 0 amide bonds. The van der Waals surface area contributed by atoms with Gasteiger partial charge in [0.05, 0.1) is 6.10 Å². The van der Waals surface area contributed by atoms with Crippen LogP contribution in [0.3, 0.4) is 0 Å². The number of hydrogen-bond acceptors (Lipinski definition) is 4. The maximum Gasteiger partial charge on any atom is 0.139 e. The number of rotatable bonds is 3. The van der Waals surface area contributed by atoms with Crippen molar-refractivity contribution in [1.29, 1.82) is 0 Å². The highest BCUT2D eigenvalue weighted by Crippen LogP contribution is 2.41. The van der Waals surface area contributed by atoms with Crippen LogP contribution in [0.15, 0.2) is 22.7 Å². The molecule has 4 nitrogen and oxygen atoms in total. The molecule has 132 valence electrons. The van der Waals surface area contributed by atoms with E-state index in [1.54, 1.807) is 6.92 Å². The maximum atomic E-state index is 10.8. The Labute approximate surface area is 144 Å². The molecule has 0 spiro atoms. The minimum absolute atomic E-state index is 0.188. The molecule has 1 heterocycles. The third kappa shape index (κ3) is 3.99. The zero-order chi connectivity index (χ0) is 18.3. The van der Waals surface area contributed by atoms with Gasteiger partial charge >= 0.3 is 0 Å². The Balaban J connectivity index is 2.60. The SMILES string of the molecule is CC(O)Cc1cc(-c2cc(C(C)(C)C)c(O)c(C(C)(C)C)c2)no1. The predicted molar refractivity (Wildman–Crippen MR) is 96.4 cm³/mol. The van der Waals surface area contributed by atoms with Gasteiger partial charge < -0.3 is 14.7 Å². The van der Waals surface area contributed by atoms with Crippen molar-refractivity contribution < 1.29 is 14.7 Å². The van der Waals surface area contributed by atoms with Gasteiger partial charge in [0.15, 0.2) is 0 Å². The molecular weight excluding hydrogens is 302 g/mol. The Bertz CT molecular complexity index is 680. The van der Waals surface area contributed by atoms with E-state index in [0.29, 0.717) is 17.9 Å². The number of aliphatic hydroxyl groups excluding tert-OH is 1. The summed E-state index contributed by atoms with van der Waals surface area (Å²) in [5.74, 6) is 1.01. The van der Waals surface area contributed by atoms with Crippen LogP contribution in [0, 0.1) is 0 Å². The summed E-state index contributed by atoms with van der Waals surface area (Å²) in [5.41, 5.74) is 3.05. The molecule has 0 bridgehead atoms. The van der Waals surface area contributed by atoms with Crippen molar-refractivity contribution in [2.45, 2.75) is 71.8 Å². The van der Waals surface area contributed by atoms with Gasteiger partial charge in [0, 0.05) is 29.2 Å². The molecule has 1 atom stereocenters. The first-order chi connectivity index (χ1) is 10.9. The molecule has 2 rings (SSSR count). The van der Waals surface area contributed by atoms with Crippen molar-refractivity contribution >= 4 is 0 Å². The minimum atomic E-state index is -0.471. The zero-order valence-electron chi connectivity index (χ0n) is 15.8. The average molecular weight is 331 g/mol. The number of nitrogens with zero attached hydrogens (tertiary/aromatic N) is 1. The van der Waals surface area contributed by atoms with Crippen LogP contribution in [0.4, 0.5) is 0 Å². The van der Waals surface area contributed by atoms with Crippen molar-refractivity contribution in [3.63, 3.8) is 0 Å². The largest absolute Gasteiger partial charge is 0.507 e. The standard InChI is InChI=1S/C20H29NO3/c1-12(22)8-14-11-17(21-24-14)13-9-15(19(2,3)4)18(23)16(10-13)20(5,6)7/h9-12,22-23H,8H2,1-7H3. The Morgan fingerprint density at radius 1 is 1.00 bits per heavy atom. The minimum Gasteiger partial charge on any atom is -0.507 e. The van der Waals surface area contributed by atoms with Crippen molar-refractivity contribution in [2.75, 3.05) is 0 Å². The first-order valence-corrected chi connectivity index (χ1v) is 8.41. The van der Waals surface area contributed by atoms with Crippen LogP contribution in [0.1, 0.15) is 65.4 Å². The lowest BCUT2D eigenvalue weighted by Gasteiger charge is -2.28. The number of aromatic hydroxyl groups is 1. The molecule has 1 unspecified atom stereocenters. The van der Waals surface area contributed by atoms with E-state index >= 15 is 0 Å². The van der Waals surface area contributed by atoms with Crippen molar-refractivity contribution in [1.82, 2.24) is 5.16 Å². The fourth-order valence-electron chi connectivity index (χ4n) is 2.76. The number of phenolic OH excluding ortho intramolecular Hbond substituents is 1. The summed E-state index contributed by atoms with van der Waals surface area (Å²) in [6, 6.07) is 5.82. The fourth-order valence-corrected chi connectivity index (χ4v) is 2.76. The van der Waals surface area contributed by atoms with E-state index in [-0.39, 0.29) is 10.8 Å². The lowest BCUT2D eigenvalue weighted by molar-refractivity contribution is 0.183. The summed E-state index contributed by atoms with van der Waals surface area (Å²) in [6.45, 7) is 14.2. The van der Waals surface area contributed by atoms with E-state index in [0.717, 1.165) is 22.4 Å². The van der Waals surface area contributed by atoms with Gasteiger partial charge in [0.2, 0.25) is 0 Å². The van der Waals surface area contributed by atoms with Gasteiger partial charge in [-0.3, -0.25) is 0 Å². The Morgan fingerprint density at radius 2 is 1.50 bits per heavy atom. The first-order valence-electron chi connectivity index (χ1n) is 8.41. The number of hydrogen-bond donors (Lipinski definition) is 2. The summed E-state index contributed by atoms with van der Waals surface area (Å²) in [6.07, 6.45) is -0.0375. The van der Waals surface area contributed by atoms with Crippen LogP contribution in [-0.4, -0.2) is 21.5 Å². The molecule has 1 aromatic carbocycles. The molecule has 24 heavy (non-hydrogen) atoms. The number of aromatic nitrogens is 1. The quantitative estimate of drug-likeness (QED) is 0.865. The van der Waals surface area contributed by atoms with E-state index in [4.69, 9.17) is 4.52 Å². The molecular formula is C20H29NO3. The lowest BCUT2D eigenvalue weighted by Crippen LogP contribution is -2.17. The Kier molecular flexibility index (Phi) is 4.82. The third-order valence-corrected chi connectivity index (χ3v) is 4.08. The molecule has 0 aliphatic rings. The van der Waals surface area contributed by atoms with Crippen LogP contribution < -0.4 is 0 Å². The smallest absolute Gasteiger partial charge is 0.139 e. The Morgan fingerprint density at radius 3 is 1.92 bits per heavy atom. The number of phenols is 1. The van der Waals surface area contributed by atoms with Gasteiger partial charge in [-0.25, -0.2) is 0 Å². The van der Waals surface area contributed by atoms with Crippen LogP contribution in [0.5, 0.6) is 5.75 Å². The Hall–Kier alpha value is -1.81. The number of aliphatic hydroxyl groups is 1. The van der Waals surface area contributed by atoms with Crippen LogP contribution in [0.25, 0.3) is 11.3 Å². The van der Waals surface area contributed by atoms with Gasteiger partial charge in [0.25, 0.3) is 0 Å². The molecule has 2 aromatic rings. The molecule has 0 radical (unpaired) electrons. The van der Waals surface area contributed by atoms with Crippen molar-refractivity contribution in [3.05, 3.63) is 35.1 Å². The fraction of sp³-hybridized carbons (Fsp3) is 0.550. The number of benzene rings is 1. The highest BCUT2D eigenvalue weighted by molar-refractivity contribution is 5.66. The highest BCUT2D eigenvalue weighted by atomic mass is 16.5. The van der Waals surface area contributed by atoms with Crippen LogP contribution >= 0.6 is 0 Å². The monoisotopic (exact) mass is 331 g/mol. The molecule has 0 aliphatic carbocycles. The average Bonchev–Trinajstić information content (AvgIpc) is 2.83. The second-order valence-corrected chi connectivity index (χ2v) is 8.65. The van der Waals surface area contributed by atoms with E-state index in [2.05, 4.69) is 46.7 Å². The van der Waals surface area contributed by atoms with E-state index in [1.807, 2.05) is 18.2 Å². The summed E-state index contributed by atoms with van der Waals surface area (Å²) in [5, 5.41) is 24.4. The lowest BCUT2D eigenvalue weighted by atomic mass is 9.78. The van der Waals surface area contributed by atoms with Gasteiger partial charge in [-0.2, -0.15) is 0 Å². The highest BCUT2D eigenvalue weighted by Gasteiger charge is 2.27. The van der Waals surface area contributed by atoms with E-state index in [1.165, 1.54) is 0 Å². The second-order valence-electron chi connectivity index (χ2n) is 8.65. The molecule has 0 aliphatic heterocycles. The zero-order valence-corrected chi connectivity index (χ0v) is 15.8. The third-order valence-electron chi connectivity index (χ3n) is 4.08. The summed E-state index contributed by atoms with van der Waals surface area (Å²) in [7, 11) is 0. The maximum absolute atomic E-state index is 10.8. The van der Waals surface area contributed by atoms with E-state index in [9.17, 15) is 10.2 Å². The molecule has 0 saturated carbocycles. The van der Waals surface area contributed by atoms with Gasteiger partial charge in [-0.05, 0) is 29.9 Å². The summed E-state index contributed by atoms with van der Waals surface area (Å²) < 4.78 is 5.34. The molecule has 0 fully saturated rings. The van der Waals surface area contributed by atoms with E-state index < -0.39 is 6.10 Å². The van der Waals surface area contributed by atoms with Gasteiger partial charge in [0.1, 0.15) is 17.2 Å². The topological polar surface area (TPSA) is 66.5 Å². The van der Waals surface area contributed by atoms with Crippen LogP contribution in [0.2, 0.25) is 0 Å². The van der Waals surface area contributed by atoms with Crippen molar-refractivity contribution in [3.8, 4) is 17.0 Å². The molecule has 2 N–H and O–H groups in total. The summed E-state index contributed by atoms with van der Waals surface area (Å²) in [4.78, 5) is 0. The van der Waals surface area contributed by atoms with Gasteiger partial charge in [-0.1, -0.05) is 46.7 Å². The van der Waals surface area contributed by atoms with Gasteiger partial charge in [-0.15, -0.1) is 0 Å². The molecule has 4 heteroatoms. The predicted octanol–water partition coefficient (Wildman–Crippen LogP) is 4.57.